The third-order valence-electron chi connectivity index (χ3n) is 3.59. The summed E-state index contributed by atoms with van der Waals surface area (Å²) < 4.78 is 13.1. The molecular weight excluding hydrogens is 606 g/mol. The van der Waals surface area contributed by atoms with E-state index in [1.54, 1.807) is 24.3 Å². The zero-order valence-electron chi connectivity index (χ0n) is 15.1. The fourth-order valence-electron chi connectivity index (χ4n) is 2.36. The Morgan fingerprint density at radius 2 is 0.966 bits per heavy atom. The van der Waals surface area contributed by atoms with E-state index in [4.69, 9.17) is 6.33 Å². The zero-order valence-corrected chi connectivity index (χ0v) is 19.4. The van der Waals surface area contributed by atoms with E-state index in [0.29, 0.717) is 0 Å². The standard InChI is InChI=1S/C19H16I2N2O6/c1-15-7-9-17(10-8-15)21(29-23(26)27)19-13-11-18(12-14-19)20(28-22(24)25)16-5-3-2-4-6-16/h2-14H,1H3. The van der Waals surface area contributed by atoms with E-state index in [1.165, 1.54) is 0 Å². The van der Waals surface area contributed by atoms with Crippen LogP contribution in [0.25, 0.3) is 0 Å². The first kappa shape index (κ1) is 21.2. The fraction of sp³-hybridized carbons (Fsp3) is 0.0526. The predicted molar refractivity (Wildman–Crippen MR) is 123 cm³/mol. The summed E-state index contributed by atoms with van der Waals surface area (Å²) in [6.07, 6.45) is 0. The van der Waals surface area contributed by atoms with Gasteiger partial charge in [0.05, 0.1) is 0 Å². The second-order valence-electron chi connectivity index (χ2n) is 5.61. The summed E-state index contributed by atoms with van der Waals surface area (Å²) in [5.74, 6) is 0. The summed E-state index contributed by atoms with van der Waals surface area (Å²) in [7, 11) is 0. The van der Waals surface area contributed by atoms with Gasteiger partial charge in [-0.05, 0) is 0 Å². The van der Waals surface area contributed by atoms with Gasteiger partial charge in [0.15, 0.2) is 0 Å². The van der Waals surface area contributed by atoms with Crippen LogP contribution in [-0.2, 0) is 6.33 Å². The van der Waals surface area contributed by atoms with Crippen LogP contribution in [0.15, 0.2) is 78.9 Å². The summed E-state index contributed by atoms with van der Waals surface area (Å²) in [6.45, 7) is 1.94. The minimum atomic E-state index is -2.75. The Bertz CT molecular complexity index is 984. The molecule has 0 saturated carbocycles. The van der Waals surface area contributed by atoms with Gasteiger partial charge in [0, 0.05) is 0 Å². The number of hydrogen-bond donors (Lipinski definition) is 0. The van der Waals surface area contributed by atoms with Gasteiger partial charge in [-0.25, -0.2) is 0 Å². The van der Waals surface area contributed by atoms with E-state index in [2.05, 4.69) is 0 Å². The molecule has 0 aliphatic heterocycles. The molecule has 0 N–H and O–H groups in total. The van der Waals surface area contributed by atoms with E-state index in [0.717, 1.165) is 19.8 Å². The van der Waals surface area contributed by atoms with Gasteiger partial charge in [-0.1, -0.05) is 0 Å². The Morgan fingerprint density at radius 1 is 0.621 bits per heavy atom. The van der Waals surface area contributed by atoms with E-state index < -0.39 is 50.6 Å². The molecule has 3 rings (SSSR count). The second kappa shape index (κ2) is 9.82. The third kappa shape index (κ3) is 5.76. The van der Waals surface area contributed by atoms with Gasteiger partial charge < -0.3 is 0 Å². The maximum absolute atomic E-state index is 11.0. The van der Waals surface area contributed by atoms with Crippen molar-refractivity contribution >= 4 is 40.5 Å². The Labute approximate surface area is 181 Å². The summed E-state index contributed by atoms with van der Waals surface area (Å²) >= 11 is -5.49. The summed E-state index contributed by atoms with van der Waals surface area (Å²) in [5.41, 5.74) is 1.05. The van der Waals surface area contributed by atoms with Crippen molar-refractivity contribution < 1.29 is 16.5 Å². The van der Waals surface area contributed by atoms with Crippen LogP contribution in [0.3, 0.4) is 0 Å². The Balaban J connectivity index is 1.94. The van der Waals surface area contributed by atoms with E-state index in [-0.39, 0.29) is 0 Å². The van der Waals surface area contributed by atoms with Gasteiger partial charge in [0.2, 0.25) is 0 Å². The maximum atomic E-state index is 11.0. The molecule has 3 aromatic rings. The van der Waals surface area contributed by atoms with Crippen LogP contribution in [0.4, 0.5) is 0 Å². The van der Waals surface area contributed by atoms with Crippen LogP contribution in [0.5, 0.6) is 0 Å². The fourth-order valence-corrected chi connectivity index (χ4v) is 9.46. The van der Waals surface area contributed by atoms with E-state index in [1.807, 2.05) is 61.5 Å². The van der Waals surface area contributed by atoms with E-state index >= 15 is 0 Å². The van der Waals surface area contributed by atoms with Crippen LogP contribution in [0.1, 0.15) is 5.56 Å². The monoisotopic (exact) mass is 622 g/mol. The van der Waals surface area contributed by atoms with Crippen LogP contribution >= 0.6 is 40.5 Å². The van der Waals surface area contributed by atoms with Gasteiger partial charge in [-0.15, -0.1) is 0 Å². The molecule has 29 heavy (non-hydrogen) atoms. The molecule has 0 atom stereocenters. The molecule has 0 fully saturated rings. The topological polar surface area (TPSA) is 105 Å². The zero-order chi connectivity index (χ0) is 20.8. The van der Waals surface area contributed by atoms with Crippen molar-refractivity contribution in [3.63, 3.8) is 0 Å². The second-order valence-corrected chi connectivity index (χ2v) is 14.2. The molecule has 0 aromatic heterocycles. The van der Waals surface area contributed by atoms with Crippen molar-refractivity contribution in [1.29, 1.82) is 0 Å². The molecule has 8 nitrogen and oxygen atoms in total. The SMILES string of the molecule is Cc1ccc(I(O[N+](=O)[O-])c2ccc(I(O[N+](=O)[O-])c3ccccc3)cc2)cc1. The molecule has 10 heteroatoms. The molecular formula is C19H16I2N2O6. The number of rotatable bonds is 8. The Kier molecular flexibility index (Phi) is 7.19. The average molecular weight is 622 g/mol. The quantitative estimate of drug-likeness (QED) is 0.191. The Morgan fingerprint density at radius 3 is 1.34 bits per heavy atom. The first-order chi connectivity index (χ1) is 13.9. The van der Waals surface area contributed by atoms with Crippen LogP contribution < -0.4 is 0 Å². The van der Waals surface area contributed by atoms with Crippen molar-refractivity contribution in [1.82, 2.24) is 0 Å². The predicted octanol–water partition coefficient (Wildman–Crippen LogP) is 5.33. The van der Waals surface area contributed by atoms with Crippen molar-refractivity contribution in [2.24, 2.45) is 0 Å². The Hall–Kier alpha value is -2.48. The van der Waals surface area contributed by atoms with Crippen molar-refractivity contribution in [3.05, 3.63) is 119 Å². The molecule has 0 aliphatic carbocycles. The van der Waals surface area contributed by atoms with Crippen LogP contribution in [0, 0.1) is 41.4 Å². The van der Waals surface area contributed by atoms with Gasteiger partial charge in [-0.3, -0.25) is 0 Å². The third-order valence-corrected chi connectivity index (χ3v) is 12.4. The van der Waals surface area contributed by atoms with E-state index in [9.17, 15) is 20.2 Å². The number of aryl methyl sites for hydroxylation is 1. The first-order valence-corrected chi connectivity index (χ1v) is 14.3. The van der Waals surface area contributed by atoms with Gasteiger partial charge in [0.25, 0.3) is 0 Å². The normalized spacial score (nSPS) is 11.3. The van der Waals surface area contributed by atoms with Crippen molar-refractivity contribution in [3.8, 4) is 0 Å². The molecule has 0 radical (unpaired) electrons. The molecule has 0 heterocycles. The molecule has 3 aromatic carbocycles. The van der Waals surface area contributed by atoms with Crippen molar-refractivity contribution in [2.75, 3.05) is 0 Å². The molecule has 0 bridgehead atoms. The van der Waals surface area contributed by atoms with Gasteiger partial charge in [0.1, 0.15) is 0 Å². The minimum absolute atomic E-state index is 0.724. The molecule has 0 saturated heterocycles. The summed E-state index contributed by atoms with van der Waals surface area (Å²) in [6, 6.07) is 23.5. The molecule has 152 valence electrons. The average Bonchev–Trinajstić information content (AvgIpc) is 2.72. The number of benzene rings is 3. The van der Waals surface area contributed by atoms with Crippen LogP contribution in [-0.4, -0.2) is 10.2 Å². The van der Waals surface area contributed by atoms with Crippen LogP contribution in [0.2, 0.25) is 0 Å². The van der Waals surface area contributed by atoms with Gasteiger partial charge >= 0.3 is 183 Å². The van der Waals surface area contributed by atoms with Gasteiger partial charge in [-0.2, -0.15) is 0 Å². The molecule has 0 amide bonds. The summed E-state index contributed by atoms with van der Waals surface area (Å²) in [5, 5.41) is 20.5. The number of halogens is 2. The molecule has 0 aliphatic rings. The van der Waals surface area contributed by atoms with Crippen molar-refractivity contribution in [2.45, 2.75) is 6.92 Å². The summed E-state index contributed by atoms with van der Waals surface area (Å²) in [4.78, 5) is 22.0. The number of hydrogen-bond acceptors (Lipinski definition) is 6. The molecule has 0 spiro atoms. The molecule has 0 unspecified atom stereocenters. The number of nitrogens with zero attached hydrogens (tertiary/aromatic N) is 2. The first-order valence-electron chi connectivity index (χ1n) is 8.21.